The Balaban J connectivity index is 2.42. The number of aliphatic carboxylic acids is 1. The number of alkyl halides is 2. The zero-order valence-electron chi connectivity index (χ0n) is 11.0. The van der Waals surface area contributed by atoms with Crippen molar-refractivity contribution in [1.29, 1.82) is 0 Å². The minimum absolute atomic E-state index is 0.0829. The zero-order valence-corrected chi connectivity index (χ0v) is 11.0. The van der Waals surface area contributed by atoms with Crippen LogP contribution in [0.1, 0.15) is 31.2 Å². The Labute approximate surface area is 114 Å². The summed E-state index contributed by atoms with van der Waals surface area (Å²) in [5.41, 5.74) is -1.10. The molecule has 1 aromatic rings. The molecule has 0 aliphatic heterocycles. The Morgan fingerprint density at radius 2 is 1.85 bits per heavy atom. The number of halogens is 3. The van der Waals surface area contributed by atoms with Crippen molar-refractivity contribution < 1.29 is 27.8 Å². The number of carboxylic acid groups (broad SMARTS) is 1. The van der Waals surface area contributed by atoms with Gasteiger partial charge >= 0.3 is 5.97 Å². The molecule has 0 amide bonds. The summed E-state index contributed by atoms with van der Waals surface area (Å²) >= 11 is 0. The number of ether oxygens (including phenoxy) is 1. The van der Waals surface area contributed by atoms with E-state index in [0.29, 0.717) is 5.56 Å². The average Bonchev–Trinajstić information content (AvgIpc) is 2.39. The molecule has 0 radical (unpaired) electrons. The van der Waals surface area contributed by atoms with E-state index in [2.05, 4.69) is 0 Å². The van der Waals surface area contributed by atoms with E-state index in [1.165, 1.54) is 19.2 Å². The van der Waals surface area contributed by atoms with Crippen LogP contribution in [0.5, 0.6) is 5.75 Å². The van der Waals surface area contributed by atoms with E-state index in [4.69, 9.17) is 4.74 Å². The number of hydrogen-bond acceptors (Lipinski definition) is 2. The summed E-state index contributed by atoms with van der Waals surface area (Å²) in [4.78, 5) is 11.6. The van der Waals surface area contributed by atoms with E-state index in [9.17, 15) is 23.1 Å². The van der Waals surface area contributed by atoms with Gasteiger partial charge in [-0.2, -0.15) is 0 Å². The first-order valence-corrected chi connectivity index (χ1v) is 6.26. The van der Waals surface area contributed by atoms with Crippen LogP contribution in [0.2, 0.25) is 0 Å². The highest BCUT2D eigenvalue weighted by atomic mass is 19.3. The van der Waals surface area contributed by atoms with E-state index in [1.54, 1.807) is 0 Å². The molecule has 1 aliphatic carbocycles. The molecule has 110 valence electrons. The minimum Gasteiger partial charge on any atom is -0.494 e. The van der Waals surface area contributed by atoms with Crippen LogP contribution in [0.25, 0.3) is 0 Å². The largest absolute Gasteiger partial charge is 0.494 e. The van der Waals surface area contributed by atoms with Gasteiger partial charge in [0.1, 0.15) is 0 Å². The second-order valence-corrected chi connectivity index (χ2v) is 5.09. The summed E-state index contributed by atoms with van der Waals surface area (Å²) in [5.74, 6) is -4.69. The van der Waals surface area contributed by atoms with Gasteiger partial charge in [0, 0.05) is 12.8 Å². The molecule has 1 aliphatic rings. The van der Waals surface area contributed by atoms with Gasteiger partial charge < -0.3 is 9.84 Å². The number of benzene rings is 1. The smallest absolute Gasteiger partial charge is 0.314 e. The Hall–Kier alpha value is -1.72. The summed E-state index contributed by atoms with van der Waals surface area (Å²) in [6.45, 7) is 0. The molecule has 1 saturated carbocycles. The van der Waals surface area contributed by atoms with Gasteiger partial charge in [-0.1, -0.05) is 6.07 Å². The molecule has 0 spiro atoms. The summed E-state index contributed by atoms with van der Waals surface area (Å²) in [6.07, 6.45) is -1.33. The van der Waals surface area contributed by atoms with Crippen LogP contribution in [-0.2, 0) is 10.2 Å². The third kappa shape index (κ3) is 2.46. The van der Waals surface area contributed by atoms with Crippen molar-refractivity contribution in [3.63, 3.8) is 0 Å². The molecule has 2 rings (SSSR count). The molecule has 0 aromatic heterocycles. The van der Waals surface area contributed by atoms with E-state index in [-0.39, 0.29) is 18.6 Å². The number of carbonyl (C=O) groups is 1. The van der Waals surface area contributed by atoms with E-state index in [1.807, 2.05) is 0 Å². The Morgan fingerprint density at radius 1 is 1.25 bits per heavy atom. The molecule has 0 heterocycles. The molecule has 6 heteroatoms. The van der Waals surface area contributed by atoms with E-state index >= 15 is 0 Å². The molecule has 1 fully saturated rings. The predicted octanol–water partition coefficient (Wildman–Crippen LogP) is 3.37. The number of hydrogen-bond donors (Lipinski definition) is 1. The first-order valence-electron chi connectivity index (χ1n) is 6.26. The fraction of sp³-hybridized carbons (Fsp3) is 0.500. The highest BCUT2D eigenvalue weighted by molar-refractivity contribution is 5.81. The number of carboxylic acids is 1. The summed E-state index contributed by atoms with van der Waals surface area (Å²) in [7, 11) is 1.27. The van der Waals surface area contributed by atoms with Crippen molar-refractivity contribution in [3.05, 3.63) is 29.6 Å². The third-order valence-corrected chi connectivity index (χ3v) is 3.95. The van der Waals surface area contributed by atoms with Crippen molar-refractivity contribution in [2.24, 2.45) is 0 Å². The summed E-state index contributed by atoms with van der Waals surface area (Å²) in [6, 6.07) is 3.72. The van der Waals surface area contributed by atoms with Gasteiger partial charge in [0.2, 0.25) is 5.92 Å². The van der Waals surface area contributed by atoms with Gasteiger partial charge in [-0.15, -0.1) is 0 Å². The molecule has 0 saturated heterocycles. The fourth-order valence-corrected chi connectivity index (χ4v) is 2.63. The lowest BCUT2D eigenvalue weighted by atomic mass is 9.68. The topological polar surface area (TPSA) is 46.5 Å². The quantitative estimate of drug-likeness (QED) is 0.927. The summed E-state index contributed by atoms with van der Waals surface area (Å²) in [5, 5.41) is 9.47. The van der Waals surface area contributed by atoms with Gasteiger partial charge in [0.25, 0.3) is 0 Å². The van der Waals surface area contributed by atoms with Gasteiger partial charge in [-0.25, -0.2) is 13.2 Å². The van der Waals surface area contributed by atoms with Gasteiger partial charge in [0.15, 0.2) is 11.6 Å². The van der Waals surface area contributed by atoms with E-state index in [0.717, 1.165) is 6.07 Å². The molecular formula is C14H15F3O3. The lowest BCUT2D eigenvalue weighted by Crippen LogP contribution is -2.42. The van der Waals surface area contributed by atoms with Crippen LogP contribution in [0, 0.1) is 5.82 Å². The standard InChI is InChI=1S/C14H15F3O3/c1-20-11-8-9(2-3-10(11)15)13(12(18)19)4-6-14(16,17)7-5-13/h2-3,8H,4-7H2,1H3,(H,18,19). The van der Waals surface area contributed by atoms with Gasteiger partial charge in [-0.05, 0) is 30.5 Å². The van der Waals surface area contributed by atoms with Crippen LogP contribution in [0.15, 0.2) is 18.2 Å². The monoisotopic (exact) mass is 288 g/mol. The lowest BCUT2D eigenvalue weighted by molar-refractivity contribution is -0.149. The normalized spacial score (nSPS) is 20.4. The maximum absolute atomic E-state index is 13.4. The Morgan fingerprint density at radius 3 is 2.35 bits per heavy atom. The van der Waals surface area contributed by atoms with Crippen LogP contribution in [0.3, 0.4) is 0 Å². The summed E-state index contributed by atoms with van der Waals surface area (Å²) < 4.78 is 44.7. The second-order valence-electron chi connectivity index (χ2n) is 5.09. The van der Waals surface area contributed by atoms with Crippen molar-refractivity contribution in [2.75, 3.05) is 7.11 Å². The Kier molecular flexibility index (Phi) is 3.67. The van der Waals surface area contributed by atoms with Gasteiger partial charge in [-0.3, -0.25) is 4.79 Å². The minimum atomic E-state index is -2.83. The molecular weight excluding hydrogens is 273 g/mol. The highest BCUT2D eigenvalue weighted by Crippen LogP contribution is 2.46. The SMILES string of the molecule is COc1cc(C2(C(=O)O)CCC(F)(F)CC2)ccc1F. The van der Waals surface area contributed by atoms with Crippen LogP contribution in [0.4, 0.5) is 13.2 Å². The maximum atomic E-state index is 13.4. The molecule has 20 heavy (non-hydrogen) atoms. The van der Waals surface area contributed by atoms with Crippen LogP contribution < -0.4 is 4.74 Å². The van der Waals surface area contributed by atoms with E-state index < -0.39 is 36.0 Å². The van der Waals surface area contributed by atoms with Crippen molar-refractivity contribution in [1.82, 2.24) is 0 Å². The fourth-order valence-electron chi connectivity index (χ4n) is 2.63. The van der Waals surface area contributed by atoms with Crippen molar-refractivity contribution >= 4 is 5.97 Å². The zero-order chi connectivity index (χ0) is 15.0. The highest BCUT2D eigenvalue weighted by Gasteiger charge is 2.49. The van der Waals surface area contributed by atoms with Gasteiger partial charge in [0.05, 0.1) is 12.5 Å². The maximum Gasteiger partial charge on any atom is 0.314 e. The molecule has 3 nitrogen and oxygen atoms in total. The predicted molar refractivity (Wildman–Crippen MR) is 65.7 cm³/mol. The number of methoxy groups -OCH3 is 1. The molecule has 0 unspecified atom stereocenters. The molecule has 0 bridgehead atoms. The van der Waals surface area contributed by atoms with Crippen LogP contribution >= 0.6 is 0 Å². The third-order valence-electron chi connectivity index (χ3n) is 3.95. The number of rotatable bonds is 3. The lowest BCUT2D eigenvalue weighted by Gasteiger charge is -2.37. The molecule has 0 atom stereocenters. The first kappa shape index (κ1) is 14.7. The second kappa shape index (κ2) is 5.00. The average molecular weight is 288 g/mol. The molecule has 1 aromatic carbocycles. The van der Waals surface area contributed by atoms with Crippen molar-refractivity contribution in [2.45, 2.75) is 37.0 Å². The molecule has 1 N–H and O–H groups in total. The Bertz CT molecular complexity index is 518. The van der Waals surface area contributed by atoms with Crippen LogP contribution in [-0.4, -0.2) is 24.1 Å². The first-order chi connectivity index (χ1) is 9.31. The van der Waals surface area contributed by atoms with Crippen molar-refractivity contribution in [3.8, 4) is 5.75 Å².